The van der Waals surface area contributed by atoms with Gasteiger partial charge in [-0.1, -0.05) is 19.8 Å². The van der Waals surface area contributed by atoms with Crippen LogP contribution in [0.3, 0.4) is 0 Å². The van der Waals surface area contributed by atoms with Gasteiger partial charge in [-0.25, -0.2) is 0 Å². The smallest absolute Gasteiger partial charge is 0.0134 e. The molecule has 0 amide bonds. The highest BCUT2D eigenvalue weighted by Crippen LogP contribution is 2.49. The Hall–Kier alpha value is 0.350. The third-order valence-electron chi connectivity index (χ3n) is 2.91. The van der Waals surface area contributed by atoms with Crippen LogP contribution in [0.15, 0.2) is 0 Å². The van der Waals surface area contributed by atoms with Gasteiger partial charge in [0.15, 0.2) is 0 Å². The van der Waals surface area contributed by atoms with Gasteiger partial charge in [0.2, 0.25) is 0 Å². The molecule has 2 saturated heterocycles. The maximum Gasteiger partial charge on any atom is 0.0134 e. The summed E-state index contributed by atoms with van der Waals surface area (Å²) in [4.78, 5) is 0. The fraction of sp³-hybridized carbons (Fsp3) is 1.00. The van der Waals surface area contributed by atoms with Crippen LogP contribution in [0.25, 0.3) is 0 Å². The van der Waals surface area contributed by atoms with Crippen LogP contribution in [0.4, 0.5) is 0 Å². The Bertz CT molecular complexity index is 121. The number of thioether (sulfide) groups is 1. The van der Waals surface area contributed by atoms with E-state index in [1.807, 2.05) is 0 Å². The normalized spacial score (nSPS) is 47.1. The minimum absolute atomic E-state index is 0.696. The van der Waals surface area contributed by atoms with Gasteiger partial charge < -0.3 is 0 Å². The van der Waals surface area contributed by atoms with E-state index in [1.165, 1.54) is 38.5 Å². The third-order valence-corrected chi connectivity index (χ3v) is 4.70. The molecule has 2 aliphatic rings. The molecule has 0 unspecified atom stereocenters. The summed E-state index contributed by atoms with van der Waals surface area (Å²) in [5.41, 5.74) is 0. The Kier molecular flexibility index (Phi) is 1.71. The van der Waals surface area contributed by atoms with Crippen molar-refractivity contribution in [1.82, 2.24) is 0 Å². The number of hydrogen-bond donors (Lipinski definition) is 0. The summed E-state index contributed by atoms with van der Waals surface area (Å²) in [5.74, 6) is 0. The molecule has 2 fully saturated rings. The van der Waals surface area contributed by atoms with Crippen molar-refractivity contribution in [3.8, 4) is 0 Å². The van der Waals surface area contributed by atoms with Crippen molar-refractivity contribution in [2.24, 2.45) is 0 Å². The molecule has 2 bridgehead atoms. The molecule has 0 nitrogen and oxygen atoms in total. The summed E-state index contributed by atoms with van der Waals surface area (Å²) in [6, 6.07) is 0. The van der Waals surface area contributed by atoms with Gasteiger partial charge in [0, 0.05) is 10.00 Å². The molecular formula is C9H16S. The molecular weight excluding hydrogens is 140 g/mol. The molecule has 0 spiro atoms. The van der Waals surface area contributed by atoms with Crippen LogP contribution in [0, 0.1) is 0 Å². The van der Waals surface area contributed by atoms with Crippen LogP contribution in [0.1, 0.15) is 45.4 Å². The highest BCUT2D eigenvalue weighted by molar-refractivity contribution is 8.01. The maximum atomic E-state index is 2.46. The second-order valence-corrected chi connectivity index (χ2v) is 5.86. The van der Waals surface area contributed by atoms with Crippen molar-refractivity contribution < 1.29 is 0 Å². The van der Waals surface area contributed by atoms with E-state index in [0.717, 1.165) is 5.25 Å². The van der Waals surface area contributed by atoms with Gasteiger partial charge >= 0.3 is 0 Å². The zero-order valence-corrected chi connectivity index (χ0v) is 7.54. The highest BCUT2D eigenvalue weighted by Gasteiger charge is 2.35. The molecule has 58 valence electrons. The quantitative estimate of drug-likeness (QED) is 0.519. The third kappa shape index (κ3) is 1.20. The van der Waals surface area contributed by atoms with E-state index in [-0.39, 0.29) is 0 Å². The first kappa shape index (κ1) is 7.02. The lowest BCUT2D eigenvalue weighted by Crippen LogP contribution is -2.32. The van der Waals surface area contributed by atoms with Crippen LogP contribution < -0.4 is 0 Å². The van der Waals surface area contributed by atoms with E-state index >= 15 is 0 Å². The monoisotopic (exact) mass is 156 g/mol. The van der Waals surface area contributed by atoms with Gasteiger partial charge in [0.05, 0.1) is 0 Å². The maximum absolute atomic E-state index is 2.46. The van der Waals surface area contributed by atoms with E-state index in [9.17, 15) is 0 Å². The molecule has 0 aromatic carbocycles. The molecule has 10 heavy (non-hydrogen) atoms. The fourth-order valence-electron chi connectivity index (χ4n) is 2.31. The average molecular weight is 156 g/mol. The molecule has 0 aliphatic carbocycles. The minimum Gasteiger partial charge on any atom is -0.152 e. The van der Waals surface area contributed by atoms with Crippen LogP contribution in [-0.2, 0) is 0 Å². The summed E-state index contributed by atoms with van der Waals surface area (Å²) in [6.45, 7) is 2.46. The van der Waals surface area contributed by atoms with Crippen molar-refractivity contribution in [2.45, 2.75) is 55.4 Å². The summed E-state index contributed by atoms with van der Waals surface area (Å²) in [6.07, 6.45) is 8.95. The lowest BCUT2D eigenvalue weighted by Gasteiger charge is -2.42. The first-order valence-corrected chi connectivity index (χ1v) is 5.34. The van der Waals surface area contributed by atoms with Crippen LogP contribution in [-0.4, -0.2) is 10.00 Å². The van der Waals surface area contributed by atoms with Crippen LogP contribution in [0.5, 0.6) is 0 Å². The van der Waals surface area contributed by atoms with Crippen molar-refractivity contribution in [3.05, 3.63) is 0 Å². The second kappa shape index (κ2) is 2.44. The topological polar surface area (TPSA) is 0 Å². The molecule has 2 aliphatic heterocycles. The Morgan fingerprint density at radius 3 is 2.20 bits per heavy atom. The zero-order valence-electron chi connectivity index (χ0n) is 6.73. The Labute approximate surface area is 67.8 Å². The van der Waals surface area contributed by atoms with E-state index in [4.69, 9.17) is 0 Å². The predicted octanol–water partition coefficient (Wildman–Crippen LogP) is 3.21. The molecule has 0 radical (unpaired) electrons. The molecule has 0 aromatic heterocycles. The lowest BCUT2D eigenvalue weighted by atomic mass is 9.90. The second-order valence-electron chi connectivity index (χ2n) is 3.97. The molecule has 2 rings (SSSR count). The van der Waals surface area contributed by atoms with E-state index in [1.54, 1.807) is 0 Å². The predicted molar refractivity (Wildman–Crippen MR) is 47.5 cm³/mol. The van der Waals surface area contributed by atoms with Crippen LogP contribution in [0.2, 0.25) is 0 Å². The Morgan fingerprint density at radius 1 is 1.20 bits per heavy atom. The highest BCUT2D eigenvalue weighted by atomic mass is 32.2. The number of fused-ring (bicyclic) bond motifs is 2. The summed E-state index contributed by atoms with van der Waals surface area (Å²) in [7, 11) is 0. The molecule has 0 N–H and O–H groups in total. The van der Waals surface area contributed by atoms with Crippen molar-refractivity contribution in [1.29, 1.82) is 0 Å². The fourth-order valence-corrected chi connectivity index (χ4v) is 4.21. The first-order chi connectivity index (χ1) is 4.79. The molecule has 0 aromatic rings. The van der Waals surface area contributed by atoms with Gasteiger partial charge in [-0.05, 0) is 25.7 Å². The summed E-state index contributed by atoms with van der Waals surface area (Å²) >= 11 is 2.28. The molecule has 0 saturated carbocycles. The van der Waals surface area contributed by atoms with Crippen molar-refractivity contribution in [2.75, 3.05) is 0 Å². The van der Waals surface area contributed by atoms with Gasteiger partial charge in [0.1, 0.15) is 0 Å². The van der Waals surface area contributed by atoms with E-state index in [2.05, 4.69) is 18.7 Å². The number of rotatable bonds is 0. The standard InChI is InChI=1S/C9H16S/c1-9-6-2-4-8(10-9)5-3-7-9/h8H,2-7H2,1H3. The van der Waals surface area contributed by atoms with E-state index in [0.29, 0.717) is 4.75 Å². The van der Waals surface area contributed by atoms with Gasteiger partial charge in [-0.2, -0.15) is 11.8 Å². The Balaban J connectivity index is 2.07. The largest absolute Gasteiger partial charge is 0.152 e. The summed E-state index contributed by atoms with van der Waals surface area (Å²) < 4.78 is 0.696. The zero-order chi connectivity index (χ0) is 7.03. The Morgan fingerprint density at radius 2 is 1.80 bits per heavy atom. The van der Waals surface area contributed by atoms with Crippen LogP contribution >= 0.6 is 11.8 Å². The minimum atomic E-state index is 0.696. The molecule has 0 atom stereocenters. The lowest BCUT2D eigenvalue weighted by molar-refractivity contribution is 0.410. The number of hydrogen-bond acceptors (Lipinski definition) is 1. The first-order valence-electron chi connectivity index (χ1n) is 4.46. The van der Waals surface area contributed by atoms with Crippen molar-refractivity contribution >= 4 is 11.8 Å². The average Bonchev–Trinajstić information content (AvgIpc) is 1.86. The SMILES string of the molecule is CC12CCCC(CCC1)S2. The van der Waals surface area contributed by atoms with Crippen molar-refractivity contribution in [3.63, 3.8) is 0 Å². The molecule has 2 heterocycles. The van der Waals surface area contributed by atoms with Gasteiger partial charge in [-0.15, -0.1) is 0 Å². The molecule has 1 heteroatoms. The van der Waals surface area contributed by atoms with Gasteiger partial charge in [0.25, 0.3) is 0 Å². The summed E-state index contributed by atoms with van der Waals surface area (Å²) in [5, 5.41) is 1.03. The van der Waals surface area contributed by atoms with E-state index < -0.39 is 0 Å². The van der Waals surface area contributed by atoms with Gasteiger partial charge in [-0.3, -0.25) is 0 Å².